The molecule has 0 amide bonds. The molecule has 0 saturated heterocycles. The molecule has 18 heavy (non-hydrogen) atoms. The average molecular weight is 302 g/mol. The number of hydrogen-bond donors (Lipinski definition) is 1. The molecule has 0 aromatic heterocycles. The van der Waals surface area contributed by atoms with E-state index in [9.17, 15) is 34.8 Å². The van der Waals surface area contributed by atoms with Crippen molar-refractivity contribution in [1.29, 1.82) is 0 Å². The second kappa shape index (κ2) is 4.87. The van der Waals surface area contributed by atoms with Crippen molar-refractivity contribution >= 4 is 10.1 Å². The van der Waals surface area contributed by atoms with Gasteiger partial charge >= 0.3 is 21.5 Å². The highest BCUT2D eigenvalue weighted by molar-refractivity contribution is 7.87. The Morgan fingerprint density at radius 3 is 1.78 bits per heavy atom. The molecule has 0 rings (SSSR count). The zero-order valence-electron chi connectivity index (χ0n) is 9.43. The predicted molar refractivity (Wildman–Crippen MR) is 50.5 cm³/mol. The van der Waals surface area contributed by atoms with Gasteiger partial charge in [-0.3, -0.25) is 4.55 Å². The molecule has 0 heterocycles. The Kier molecular flexibility index (Phi) is 4.74. The standard InChI is InChI=1S/C8H12F6O3S/c1-5(3-4-7(10,11)12)6(2,9)8(13,14)18(15,16)17/h5H,3-4H2,1-2H3,(H,15,16,17). The van der Waals surface area contributed by atoms with Crippen molar-refractivity contribution in [3.8, 4) is 0 Å². The lowest BCUT2D eigenvalue weighted by Gasteiger charge is -2.33. The first kappa shape index (κ1) is 17.5. The summed E-state index contributed by atoms with van der Waals surface area (Å²) < 4.78 is 104. The molecule has 0 radical (unpaired) electrons. The van der Waals surface area contributed by atoms with E-state index in [1.54, 1.807) is 0 Å². The number of hydrogen-bond acceptors (Lipinski definition) is 2. The van der Waals surface area contributed by atoms with E-state index in [0.29, 0.717) is 6.92 Å². The van der Waals surface area contributed by atoms with Gasteiger partial charge in [0.25, 0.3) is 0 Å². The van der Waals surface area contributed by atoms with Crippen LogP contribution in [0.25, 0.3) is 0 Å². The summed E-state index contributed by atoms with van der Waals surface area (Å²) in [6, 6.07) is 0. The van der Waals surface area contributed by atoms with Crippen molar-refractivity contribution in [2.75, 3.05) is 0 Å². The van der Waals surface area contributed by atoms with Gasteiger partial charge in [0.15, 0.2) is 5.67 Å². The van der Waals surface area contributed by atoms with E-state index in [2.05, 4.69) is 0 Å². The molecule has 0 aromatic carbocycles. The Labute approximate surface area is 99.9 Å². The number of halogens is 6. The first-order valence-electron chi connectivity index (χ1n) is 4.73. The lowest BCUT2D eigenvalue weighted by molar-refractivity contribution is -0.147. The predicted octanol–water partition coefficient (Wildman–Crippen LogP) is 3.17. The van der Waals surface area contributed by atoms with Crippen LogP contribution in [0.5, 0.6) is 0 Å². The Bertz CT molecular complexity index is 386. The van der Waals surface area contributed by atoms with Gasteiger partial charge in [-0.2, -0.15) is 30.4 Å². The van der Waals surface area contributed by atoms with Gasteiger partial charge in [0.1, 0.15) is 0 Å². The van der Waals surface area contributed by atoms with E-state index in [-0.39, 0.29) is 6.92 Å². The van der Waals surface area contributed by atoms with Crippen molar-refractivity contribution in [2.24, 2.45) is 5.92 Å². The van der Waals surface area contributed by atoms with Crippen molar-refractivity contribution in [3.63, 3.8) is 0 Å². The SMILES string of the molecule is CC(CCC(F)(F)F)C(C)(F)C(F)(F)S(=O)(=O)O. The van der Waals surface area contributed by atoms with Crippen LogP contribution < -0.4 is 0 Å². The molecule has 3 nitrogen and oxygen atoms in total. The highest BCUT2D eigenvalue weighted by Gasteiger charge is 2.63. The third kappa shape index (κ3) is 3.74. The largest absolute Gasteiger partial charge is 0.402 e. The monoisotopic (exact) mass is 302 g/mol. The minimum atomic E-state index is -6.05. The van der Waals surface area contributed by atoms with Gasteiger partial charge in [-0.05, 0) is 19.3 Å². The van der Waals surface area contributed by atoms with Crippen LogP contribution in [0.2, 0.25) is 0 Å². The molecule has 1 N–H and O–H groups in total. The maximum Gasteiger partial charge on any atom is 0.402 e. The zero-order valence-corrected chi connectivity index (χ0v) is 10.2. The van der Waals surface area contributed by atoms with Gasteiger partial charge in [0.05, 0.1) is 0 Å². The summed E-state index contributed by atoms with van der Waals surface area (Å²) in [5, 5.41) is -5.18. The third-order valence-corrected chi connectivity index (χ3v) is 3.73. The molecule has 2 atom stereocenters. The molecule has 0 saturated carbocycles. The van der Waals surface area contributed by atoms with Gasteiger partial charge in [-0.15, -0.1) is 0 Å². The highest BCUT2D eigenvalue weighted by atomic mass is 32.2. The quantitative estimate of drug-likeness (QED) is 0.627. The Hall–Kier alpha value is -0.510. The summed E-state index contributed by atoms with van der Waals surface area (Å²) in [7, 11) is -6.05. The van der Waals surface area contributed by atoms with E-state index >= 15 is 0 Å². The maximum absolute atomic E-state index is 13.7. The molecule has 0 aliphatic rings. The van der Waals surface area contributed by atoms with E-state index in [4.69, 9.17) is 4.55 Å². The van der Waals surface area contributed by atoms with Crippen LogP contribution in [0.3, 0.4) is 0 Å². The van der Waals surface area contributed by atoms with Gasteiger partial charge in [-0.1, -0.05) is 6.92 Å². The van der Waals surface area contributed by atoms with E-state index in [0.717, 1.165) is 0 Å². The minimum absolute atomic E-state index is 0.141. The Morgan fingerprint density at radius 1 is 1.11 bits per heavy atom. The second-order valence-corrected chi connectivity index (χ2v) is 5.59. The summed E-state index contributed by atoms with van der Waals surface area (Å²) in [5.74, 6) is -1.92. The van der Waals surface area contributed by atoms with Gasteiger partial charge < -0.3 is 0 Å². The van der Waals surface area contributed by atoms with Crippen LogP contribution >= 0.6 is 0 Å². The van der Waals surface area contributed by atoms with Crippen molar-refractivity contribution in [2.45, 2.75) is 43.8 Å². The summed E-state index contributed by atoms with van der Waals surface area (Å²) in [4.78, 5) is 0. The van der Waals surface area contributed by atoms with Crippen LogP contribution in [0.1, 0.15) is 26.7 Å². The lowest BCUT2D eigenvalue weighted by atomic mass is 9.88. The molecule has 2 unspecified atom stereocenters. The topological polar surface area (TPSA) is 54.4 Å². The number of alkyl halides is 6. The third-order valence-electron chi connectivity index (χ3n) is 2.68. The van der Waals surface area contributed by atoms with Crippen LogP contribution in [-0.2, 0) is 10.1 Å². The van der Waals surface area contributed by atoms with Crippen molar-refractivity contribution < 1.29 is 39.3 Å². The molecule has 0 aliphatic heterocycles. The van der Waals surface area contributed by atoms with E-state index < -0.39 is 46.0 Å². The fraction of sp³-hybridized carbons (Fsp3) is 1.00. The highest BCUT2D eigenvalue weighted by Crippen LogP contribution is 2.44. The van der Waals surface area contributed by atoms with Crippen LogP contribution in [0.15, 0.2) is 0 Å². The molecular formula is C8H12F6O3S. The minimum Gasteiger partial charge on any atom is -0.281 e. The van der Waals surface area contributed by atoms with Crippen LogP contribution in [0.4, 0.5) is 26.3 Å². The summed E-state index contributed by atoms with van der Waals surface area (Å²) in [6.45, 7) is 0.854. The fourth-order valence-corrected chi connectivity index (χ4v) is 1.90. The first-order valence-corrected chi connectivity index (χ1v) is 6.17. The van der Waals surface area contributed by atoms with Gasteiger partial charge in [-0.25, -0.2) is 4.39 Å². The molecule has 10 heteroatoms. The average Bonchev–Trinajstić information content (AvgIpc) is 2.10. The summed E-state index contributed by atoms with van der Waals surface area (Å²) >= 11 is 0. The van der Waals surface area contributed by atoms with E-state index in [1.807, 2.05) is 0 Å². The molecule has 0 fully saturated rings. The second-order valence-electron chi connectivity index (χ2n) is 4.12. The Morgan fingerprint density at radius 2 is 1.50 bits per heavy atom. The van der Waals surface area contributed by atoms with Crippen LogP contribution in [0, 0.1) is 5.92 Å². The number of rotatable bonds is 5. The normalized spacial score (nSPS) is 19.4. The first-order chi connectivity index (χ1) is 7.63. The fourth-order valence-electron chi connectivity index (χ4n) is 1.19. The lowest BCUT2D eigenvalue weighted by Crippen LogP contribution is -2.51. The zero-order chi connectivity index (χ0) is 15.0. The molecule has 0 bridgehead atoms. The van der Waals surface area contributed by atoms with Gasteiger partial charge in [0, 0.05) is 6.42 Å². The van der Waals surface area contributed by atoms with Crippen LogP contribution in [-0.4, -0.2) is 30.1 Å². The smallest absolute Gasteiger partial charge is 0.281 e. The van der Waals surface area contributed by atoms with E-state index in [1.165, 1.54) is 0 Å². The molecule has 0 spiro atoms. The van der Waals surface area contributed by atoms with Gasteiger partial charge in [0.2, 0.25) is 0 Å². The molecule has 110 valence electrons. The van der Waals surface area contributed by atoms with Crippen molar-refractivity contribution in [3.05, 3.63) is 0 Å². The molecular weight excluding hydrogens is 290 g/mol. The Balaban J connectivity index is 5.04. The van der Waals surface area contributed by atoms with Crippen molar-refractivity contribution in [1.82, 2.24) is 0 Å². The molecule has 0 aliphatic carbocycles. The summed E-state index contributed by atoms with van der Waals surface area (Å²) in [6.07, 6.45) is -7.23. The molecule has 0 aromatic rings. The summed E-state index contributed by atoms with van der Waals surface area (Å²) in [5.41, 5.74) is -3.81. The maximum atomic E-state index is 13.7.